The van der Waals surface area contributed by atoms with Crippen molar-refractivity contribution in [2.75, 3.05) is 26.2 Å². The third-order valence-corrected chi connectivity index (χ3v) is 3.72. The van der Waals surface area contributed by atoms with Gasteiger partial charge in [-0.15, -0.1) is 0 Å². The number of benzene rings is 1. The van der Waals surface area contributed by atoms with Gasteiger partial charge in [-0.05, 0) is 50.0 Å². The first kappa shape index (κ1) is 15.3. The lowest BCUT2D eigenvalue weighted by Crippen LogP contribution is -2.22. The van der Waals surface area contributed by atoms with Gasteiger partial charge in [0.25, 0.3) is 0 Å². The zero-order chi connectivity index (χ0) is 14.2. The third kappa shape index (κ3) is 5.51. The average molecular weight is 276 g/mol. The predicted molar refractivity (Wildman–Crippen MR) is 84.2 cm³/mol. The van der Waals surface area contributed by atoms with Crippen molar-refractivity contribution in [1.29, 1.82) is 0 Å². The molecule has 3 nitrogen and oxygen atoms in total. The first-order chi connectivity index (χ1) is 9.74. The maximum atomic E-state index is 5.80. The highest BCUT2D eigenvalue weighted by atomic mass is 16.5. The van der Waals surface area contributed by atoms with Crippen LogP contribution in [-0.2, 0) is 6.54 Å². The summed E-state index contributed by atoms with van der Waals surface area (Å²) in [4.78, 5) is 2.53. The van der Waals surface area contributed by atoms with Gasteiger partial charge in [0.15, 0.2) is 0 Å². The Morgan fingerprint density at radius 3 is 2.50 bits per heavy atom. The molecule has 0 atom stereocenters. The van der Waals surface area contributed by atoms with E-state index in [2.05, 4.69) is 48.3 Å². The van der Waals surface area contributed by atoms with Crippen LogP contribution in [0.2, 0.25) is 0 Å². The fourth-order valence-corrected chi connectivity index (χ4v) is 2.51. The lowest BCUT2D eigenvalue weighted by Gasteiger charge is -2.14. The molecule has 0 amide bonds. The first-order valence-corrected chi connectivity index (χ1v) is 7.91. The Balaban J connectivity index is 1.62. The number of hydrogen-bond donors (Lipinski definition) is 1. The van der Waals surface area contributed by atoms with Crippen LogP contribution in [0.5, 0.6) is 5.75 Å². The quantitative estimate of drug-likeness (QED) is 0.739. The lowest BCUT2D eigenvalue weighted by atomic mass is 10.2. The minimum absolute atomic E-state index is 0.525. The monoisotopic (exact) mass is 276 g/mol. The Morgan fingerprint density at radius 1 is 1.15 bits per heavy atom. The van der Waals surface area contributed by atoms with Gasteiger partial charge in [-0.3, -0.25) is 0 Å². The van der Waals surface area contributed by atoms with Gasteiger partial charge in [0.1, 0.15) is 5.75 Å². The number of rotatable bonds is 8. The van der Waals surface area contributed by atoms with Crippen molar-refractivity contribution in [1.82, 2.24) is 10.2 Å². The number of likely N-dealkylation sites (tertiary alicyclic amines) is 1. The van der Waals surface area contributed by atoms with E-state index in [0.29, 0.717) is 6.04 Å². The second kappa shape index (κ2) is 8.28. The fourth-order valence-electron chi connectivity index (χ4n) is 2.51. The van der Waals surface area contributed by atoms with E-state index in [1.807, 2.05) is 0 Å². The molecule has 20 heavy (non-hydrogen) atoms. The minimum atomic E-state index is 0.525. The van der Waals surface area contributed by atoms with Crippen LogP contribution in [0, 0.1) is 0 Å². The zero-order valence-corrected chi connectivity index (χ0v) is 12.9. The molecule has 0 spiro atoms. The van der Waals surface area contributed by atoms with Crippen molar-refractivity contribution >= 4 is 0 Å². The third-order valence-electron chi connectivity index (χ3n) is 3.72. The summed E-state index contributed by atoms with van der Waals surface area (Å²) in [5.74, 6) is 0.986. The van der Waals surface area contributed by atoms with Crippen LogP contribution in [0.3, 0.4) is 0 Å². The molecule has 1 saturated heterocycles. The van der Waals surface area contributed by atoms with E-state index in [9.17, 15) is 0 Å². The molecule has 1 aromatic rings. The van der Waals surface area contributed by atoms with Crippen molar-refractivity contribution in [3.8, 4) is 5.75 Å². The molecule has 1 aliphatic rings. The maximum absolute atomic E-state index is 5.80. The SMILES string of the molecule is CC(C)NCc1ccc(OCCCN2CCCC2)cc1. The molecule has 112 valence electrons. The van der Waals surface area contributed by atoms with Crippen LogP contribution in [0.25, 0.3) is 0 Å². The molecular weight excluding hydrogens is 248 g/mol. The summed E-state index contributed by atoms with van der Waals surface area (Å²) in [6.45, 7) is 9.80. The van der Waals surface area contributed by atoms with Crippen molar-refractivity contribution < 1.29 is 4.74 Å². The molecule has 2 rings (SSSR count). The molecule has 1 fully saturated rings. The molecule has 0 aliphatic carbocycles. The minimum Gasteiger partial charge on any atom is -0.494 e. The summed E-state index contributed by atoms with van der Waals surface area (Å²) in [6, 6.07) is 8.97. The van der Waals surface area contributed by atoms with Crippen LogP contribution in [0.1, 0.15) is 38.7 Å². The summed E-state index contributed by atoms with van der Waals surface area (Å²) in [5, 5.41) is 3.42. The van der Waals surface area contributed by atoms with Crippen LogP contribution < -0.4 is 10.1 Å². The number of nitrogens with zero attached hydrogens (tertiary/aromatic N) is 1. The van der Waals surface area contributed by atoms with Gasteiger partial charge in [0.05, 0.1) is 6.61 Å². The fraction of sp³-hybridized carbons (Fsp3) is 0.647. The van der Waals surface area contributed by atoms with Crippen LogP contribution in [0.4, 0.5) is 0 Å². The Labute approximate surface area is 123 Å². The van der Waals surface area contributed by atoms with E-state index in [0.717, 1.165) is 25.3 Å². The molecule has 3 heteroatoms. The molecule has 0 unspecified atom stereocenters. The summed E-state index contributed by atoms with van der Waals surface area (Å²) in [6.07, 6.45) is 3.86. The molecule has 1 N–H and O–H groups in total. The van der Waals surface area contributed by atoms with Crippen molar-refractivity contribution in [3.05, 3.63) is 29.8 Å². The second-order valence-corrected chi connectivity index (χ2v) is 5.93. The van der Waals surface area contributed by atoms with Gasteiger partial charge < -0.3 is 15.0 Å². The molecule has 1 aliphatic heterocycles. The summed E-state index contributed by atoms with van der Waals surface area (Å²) >= 11 is 0. The standard InChI is InChI=1S/C17H28N2O/c1-15(2)18-14-16-6-8-17(9-7-16)20-13-5-12-19-10-3-4-11-19/h6-9,15,18H,3-5,10-14H2,1-2H3. The van der Waals surface area contributed by atoms with Gasteiger partial charge in [-0.25, -0.2) is 0 Å². The predicted octanol–water partition coefficient (Wildman–Crippen LogP) is 3.05. The van der Waals surface area contributed by atoms with Gasteiger partial charge >= 0.3 is 0 Å². The van der Waals surface area contributed by atoms with E-state index >= 15 is 0 Å². The van der Waals surface area contributed by atoms with E-state index < -0.39 is 0 Å². The lowest BCUT2D eigenvalue weighted by molar-refractivity contribution is 0.263. The van der Waals surface area contributed by atoms with Crippen molar-refractivity contribution in [3.63, 3.8) is 0 Å². The Hall–Kier alpha value is -1.06. The molecule has 0 aromatic heterocycles. The van der Waals surface area contributed by atoms with E-state index in [4.69, 9.17) is 4.74 Å². The smallest absolute Gasteiger partial charge is 0.119 e. The number of ether oxygens (including phenoxy) is 1. The van der Waals surface area contributed by atoms with Crippen LogP contribution in [0.15, 0.2) is 24.3 Å². The zero-order valence-electron chi connectivity index (χ0n) is 12.9. The van der Waals surface area contributed by atoms with Crippen LogP contribution in [-0.4, -0.2) is 37.2 Å². The number of nitrogens with one attached hydrogen (secondary N) is 1. The highest BCUT2D eigenvalue weighted by Crippen LogP contribution is 2.13. The number of hydrogen-bond acceptors (Lipinski definition) is 3. The molecule has 0 saturated carbocycles. The molecule has 1 heterocycles. The van der Waals surface area contributed by atoms with Gasteiger partial charge in [0, 0.05) is 19.1 Å². The van der Waals surface area contributed by atoms with E-state index in [1.54, 1.807) is 0 Å². The van der Waals surface area contributed by atoms with Gasteiger partial charge in [-0.2, -0.15) is 0 Å². The van der Waals surface area contributed by atoms with Crippen molar-refractivity contribution in [2.45, 2.75) is 45.7 Å². The highest BCUT2D eigenvalue weighted by Gasteiger charge is 2.10. The molecule has 1 aromatic carbocycles. The second-order valence-electron chi connectivity index (χ2n) is 5.93. The Bertz CT molecular complexity index is 369. The summed E-state index contributed by atoms with van der Waals surface area (Å²) < 4.78 is 5.80. The topological polar surface area (TPSA) is 24.5 Å². The first-order valence-electron chi connectivity index (χ1n) is 7.91. The maximum Gasteiger partial charge on any atom is 0.119 e. The Kier molecular flexibility index (Phi) is 6.34. The van der Waals surface area contributed by atoms with E-state index in [-0.39, 0.29) is 0 Å². The van der Waals surface area contributed by atoms with Crippen molar-refractivity contribution in [2.24, 2.45) is 0 Å². The molecular formula is C17H28N2O. The van der Waals surface area contributed by atoms with Gasteiger partial charge in [0.2, 0.25) is 0 Å². The van der Waals surface area contributed by atoms with E-state index in [1.165, 1.54) is 38.0 Å². The largest absolute Gasteiger partial charge is 0.494 e. The van der Waals surface area contributed by atoms with Gasteiger partial charge in [-0.1, -0.05) is 26.0 Å². The average Bonchev–Trinajstić information content (AvgIpc) is 2.96. The van der Waals surface area contributed by atoms with Crippen LogP contribution >= 0.6 is 0 Å². The Morgan fingerprint density at radius 2 is 1.85 bits per heavy atom. The normalized spacial score (nSPS) is 15.9. The summed E-state index contributed by atoms with van der Waals surface area (Å²) in [5.41, 5.74) is 1.31. The highest BCUT2D eigenvalue weighted by molar-refractivity contribution is 5.27. The summed E-state index contributed by atoms with van der Waals surface area (Å²) in [7, 11) is 0. The molecule has 0 radical (unpaired) electrons. The molecule has 0 bridgehead atoms.